The first-order valence-corrected chi connectivity index (χ1v) is 14.9. The minimum atomic E-state index is -4.20. The minimum Gasteiger partial charge on any atom is -0.497 e. The SMILES string of the molecule is CCCCNC(=O)[C@@H](C)N(Cc1ccc(C)cc1)C(=O)CN(c1cccc(Cl)c1)S(=O)(=O)c1ccc(OC)cc1. The molecule has 0 saturated carbocycles. The van der Waals surface area contributed by atoms with E-state index < -0.39 is 28.5 Å². The number of anilines is 1. The van der Waals surface area contributed by atoms with E-state index >= 15 is 0 Å². The second-order valence-electron chi connectivity index (χ2n) is 9.49. The van der Waals surface area contributed by atoms with Crippen molar-refractivity contribution in [2.24, 2.45) is 0 Å². The van der Waals surface area contributed by atoms with Crippen molar-refractivity contribution in [3.8, 4) is 5.75 Å². The lowest BCUT2D eigenvalue weighted by Crippen LogP contribution is -2.51. The van der Waals surface area contributed by atoms with Gasteiger partial charge in [-0.3, -0.25) is 13.9 Å². The monoisotopic (exact) mass is 585 g/mol. The highest BCUT2D eigenvalue weighted by Crippen LogP contribution is 2.28. The van der Waals surface area contributed by atoms with Gasteiger partial charge in [-0.25, -0.2) is 8.42 Å². The Hall–Kier alpha value is -3.56. The first-order valence-electron chi connectivity index (χ1n) is 13.1. The number of amides is 2. The van der Waals surface area contributed by atoms with Crippen molar-refractivity contribution in [3.05, 3.63) is 88.9 Å². The van der Waals surface area contributed by atoms with Gasteiger partial charge in [0.1, 0.15) is 18.3 Å². The van der Waals surface area contributed by atoms with E-state index in [1.54, 1.807) is 25.1 Å². The number of aryl methyl sites for hydroxylation is 1. The van der Waals surface area contributed by atoms with Crippen LogP contribution >= 0.6 is 11.6 Å². The topological polar surface area (TPSA) is 96.0 Å². The fourth-order valence-corrected chi connectivity index (χ4v) is 5.63. The van der Waals surface area contributed by atoms with Gasteiger partial charge in [-0.1, -0.05) is 60.8 Å². The van der Waals surface area contributed by atoms with Gasteiger partial charge in [0.2, 0.25) is 11.8 Å². The van der Waals surface area contributed by atoms with Crippen molar-refractivity contribution in [3.63, 3.8) is 0 Å². The highest BCUT2D eigenvalue weighted by atomic mass is 35.5. The summed E-state index contributed by atoms with van der Waals surface area (Å²) in [6, 6.07) is 19.0. The Labute approximate surface area is 241 Å². The van der Waals surface area contributed by atoms with Gasteiger partial charge in [-0.15, -0.1) is 0 Å². The first kappa shape index (κ1) is 31.0. The van der Waals surface area contributed by atoms with E-state index in [2.05, 4.69) is 5.32 Å². The summed E-state index contributed by atoms with van der Waals surface area (Å²) in [6.45, 7) is 5.72. The van der Waals surface area contributed by atoms with Crippen LogP contribution in [0.1, 0.15) is 37.8 Å². The molecule has 0 bridgehead atoms. The quantitative estimate of drug-likeness (QED) is 0.279. The van der Waals surface area contributed by atoms with Crippen molar-refractivity contribution in [1.82, 2.24) is 10.2 Å². The van der Waals surface area contributed by atoms with Crippen LogP contribution < -0.4 is 14.4 Å². The van der Waals surface area contributed by atoms with Crippen molar-refractivity contribution < 1.29 is 22.7 Å². The third-order valence-corrected chi connectivity index (χ3v) is 8.52. The molecule has 1 N–H and O–H groups in total. The molecule has 0 radical (unpaired) electrons. The highest BCUT2D eigenvalue weighted by Gasteiger charge is 2.32. The number of carbonyl (C=O) groups is 2. The van der Waals surface area contributed by atoms with Gasteiger partial charge in [-0.05, 0) is 68.3 Å². The number of unbranched alkanes of at least 4 members (excludes halogenated alkanes) is 1. The molecule has 0 spiro atoms. The summed E-state index contributed by atoms with van der Waals surface area (Å²) >= 11 is 6.21. The van der Waals surface area contributed by atoms with Crippen LogP contribution in [0.2, 0.25) is 5.02 Å². The number of halogens is 1. The van der Waals surface area contributed by atoms with Crippen LogP contribution in [0.25, 0.3) is 0 Å². The molecular formula is C30H36ClN3O5S. The Morgan fingerprint density at radius 1 is 1.02 bits per heavy atom. The summed E-state index contributed by atoms with van der Waals surface area (Å²) < 4.78 is 33.9. The molecule has 3 aromatic rings. The van der Waals surface area contributed by atoms with E-state index in [0.29, 0.717) is 17.3 Å². The zero-order valence-electron chi connectivity index (χ0n) is 23.3. The van der Waals surface area contributed by atoms with Crippen LogP contribution in [0, 0.1) is 6.92 Å². The van der Waals surface area contributed by atoms with Gasteiger partial charge in [-0.2, -0.15) is 0 Å². The van der Waals surface area contributed by atoms with Gasteiger partial charge in [0, 0.05) is 18.1 Å². The van der Waals surface area contributed by atoms with E-state index in [1.807, 2.05) is 38.1 Å². The molecular weight excluding hydrogens is 550 g/mol. The van der Waals surface area contributed by atoms with Gasteiger partial charge in [0.15, 0.2) is 0 Å². The van der Waals surface area contributed by atoms with Gasteiger partial charge < -0.3 is 15.0 Å². The average Bonchev–Trinajstić information content (AvgIpc) is 2.95. The second kappa shape index (κ2) is 14.2. The maximum absolute atomic E-state index is 13.9. The molecule has 0 aromatic heterocycles. The minimum absolute atomic E-state index is 0.0171. The largest absolute Gasteiger partial charge is 0.497 e. The summed E-state index contributed by atoms with van der Waals surface area (Å²) in [5, 5.41) is 3.20. The van der Waals surface area contributed by atoms with Crippen LogP contribution in [0.5, 0.6) is 5.75 Å². The molecule has 3 aromatic carbocycles. The lowest BCUT2D eigenvalue weighted by molar-refractivity contribution is -0.139. The molecule has 1 atom stereocenters. The molecule has 8 nitrogen and oxygen atoms in total. The third-order valence-electron chi connectivity index (χ3n) is 6.49. The first-order chi connectivity index (χ1) is 19.1. The molecule has 0 aliphatic rings. The van der Waals surface area contributed by atoms with E-state index in [9.17, 15) is 18.0 Å². The molecule has 0 heterocycles. The van der Waals surface area contributed by atoms with Crippen LogP contribution in [0.4, 0.5) is 5.69 Å². The average molecular weight is 586 g/mol. The van der Waals surface area contributed by atoms with E-state index in [-0.39, 0.29) is 23.0 Å². The van der Waals surface area contributed by atoms with Gasteiger partial charge in [0.05, 0.1) is 17.7 Å². The van der Waals surface area contributed by atoms with Crippen molar-refractivity contribution in [2.75, 3.05) is 24.5 Å². The number of methoxy groups -OCH3 is 1. The van der Waals surface area contributed by atoms with Crippen LogP contribution in [-0.2, 0) is 26.2 Å². The fraction of sp³-hybridized carbons (Fsp3) is 0.333. The van der Waals surface area contributed by atoms with Crippen molar-refractivity contribution in [2.45, 2.75) is 51.1 Å². The molecule has 3 rings (SSSR count). The summed E-state index contributed by atoms with van der Waals surface area (Å²) in [4.78, 5) is 28.3. The normalized spacial score (nSPS) is 11.9. The Balaban J connectivity index is 2.00. The van der Waals surface area contributed by atoms with Gasteiger partial charge >= 0.3 is 0 Å². The smallest absolute Gasteiger partial charge is 0.264 e. The molecule has 40 heavy (non-hydrogen) atoms. The number of rotatable bonds is 13. The van der Waals surface area contributed by atoms with E-state index in [4.69, 9.17) is 16.3 Å². The predicted octanol–water partition coefficient (Wildman–Crippen LogP) is 5.19. The molecule has 0 unspecified atom stereocenters. The van der Waals surface area contributed by atoms with Crippen LogP contribution in [0.15, 0.2) is 77.7 Å². The summed E-state index contributed by atoms with van der Waals surface area (Å²) in [7, 11) is -2.71. The number of nitrogens with one attached hydrogen (secondary N) is 1. The van der Waals surface area contributed by atoms with Gasteiger partial charge in [0.25, 0.3) is 10.0 Å². The summed E-state index contributed by atoms with van der Waals surface area (Å²) in [5.74, 6) is -0.339. The second-order valence-corrected chi connectivity index (χ2v) is 11.8. The van der Waals surface area contributed by atoms with E-state index in [1.165, 1.54) is 42.3 Å². The molecule has 0 saturated heterocycles. The Morgan fingerprint density at radius 3 is 2.30 bits per heavy atom. The fourth-order valence-electron chi connectivity index (χ4n) is 4.04. The number of nitrogens with zero attached hydrogens (tertiary/aromatic N) is 2. The molecule has 0 aliphatic heterocycles. The molecule has 10 heteroatoms. The van der Waals surface area contributed by atoms with Crippen LogP contribution in [-0.4, -0.2) is 51.4 Å². The van der Waals surface area contributed by atoms with Crippen LogP contribution in [0.3, 0.4) is 0 Å². The van der Waals surface area contributed by atoms with Crippen molar-refractivity contribution >= 4 is 39.1 Å². The Morgan fingerprint density at radius 2 is 1.70 bits per heavy atom. The number of hydrogen-bond acceptors (Lipinski definition) is 5. The molecule has 0 fully saturated rings. The number of carbonyl (C=O) groups excluding carboxylic acids is 2. The summed E-state index contributed by atoms with van der Waals surface area (Å²) in [6.07, 6.45) is 1.73. The van der Waals surface area contributed by atoms with E-state index in [0.717, 1.165) is 28.3 Å². The highest BCUT2D eigenvalue weighted by molar-refractivity contribution is 7.92. The van der Waals surface area contributed by atoms with Crippen molar-refractivity contribution in [1.29, 1.82) is 0 Å². The number of hydrogen-bond donors (Lipinski definition) is 1. The predicted molar refractivity (Wildman–Crippen MR) is 158 cm³/mol. The molecule has 0 aliphatic carbocycles. The number of benzene rings is 3. The molecule has 2 amide bonds. The maximum atomic E-state index is 13.9. The zero-order valence-corrected chi connectivity index (χ0v) is 24.8. The lowest BCUT2D eigenvalue weighted by Gasteiger charge is -2.32. The molecule has 214 valence electrons. The maximum Gasteiger partial charge on any atom is 0.264 e. The number of ether oxygens (including phenoxy) is 1. The Kier molecular flexibility index (Phi) is 11.0. The number of sulfonamides is 1. The zero-order chi connectivity index (χ0) is 29.3. The lowest BCUT2D eigenvalue weighted by atomic mass is 10.1. The third kappa shape index (κ3) is 7.99. The summed E-state index contributed by atoms with van der Waals surface area (Å²) in [5.41, 5.74) is 2.11. The Bertz CT molecular complexity index is 1400. The standard InChI is InChI=1S/C30H36ClN3O5S/c1-5-6-18-32-30(36)23(3)33(20-24-12-10-22(2)11-13-24)29(35)21-34(26-9-7-8-25(31)19-26)40(37,38)28-16-14-27(39-4)15-17-28/h7-17,19,23H,5-6,18,20-21H2,1-4H3,(H,32,36)/t23-/m1/s1.